The number of nitrogens with zero attached hydrogens (tertiary/aromatic N) is 2. The molecule has 1 heterocycles. The molecule has 2 aromatic rings. The van der Waals surface area contributed by atoms with Crippen molar-refractivity contribution in [1.29, 1.82) is 0 Å². The maximum absolute atomic E-state index is 12.7. The molecule has 2 aromatic carbocycles. The van der Waals surface area contributed by atoms with Crippen molar-refractivity contribution in [3.63, 3.8) is 0 Å². The van der Waals surface area contributed by atoms with Crippen LogP contribution in [0, 0.1) is 0 Å². The summed E-state index contributed by atoms with van der Waals surface area (Å²) < 4.78 is 6.64. The summed E-state index contributed by atoms with van der Waals surface area (Å²) in [4.78, 5) is 19.7. The van der Waals surface area contributed by atoms with Gasteiger partial charge >= 0.3 is 5.97 Å². The highest BCUT2D eigenvalue weighted by Gasteiger charge is 2.21. The molecule has 1 aliphatic heterocycles. The summed E-state index contributed by atoms with van der Waals surface area (Å²) in [6.07, 6.45) is 0.519. The summed E-state index contributed by atoms with van der Waals surface area (Å²) in [5, 5.41) is 3.41. The molecule has 1 N–H and O–H groups in total. The average molecular weight is 458 g/mol. The van der Waals surface area contributed by atoms with Crippen LogP contribution in [-0.4, -0.2) is 49.0 Å². The first-order valence-electron chi connectivity index (χ1n) is 10.2. The van der Waals surface area contributed by atoms with E-state index in [1.54, 1.807) is 6.07 Å². The number of esters is 1. The number of aliphatic imine (C=N–C) groups is 1. The van der Waals surface area contributed by atoms with Crippen molar-refractivity contribution in [3.8, 4) is 0 Å². The molecule has 1 atom stereocenters. The maximum Gasteiger partial charge on any atom is 0.339 e. The molecular weight excluding hydrogens is 430 g/mol. The number of fused-ring (bicyclic) bond motifs is 1. The summed E-state index contributed by atoms with van der Waals surface area (Å²) in [5.41, 5.74) is 2.90. The Kier molecular flexibility index (Phi) is 7.83. The van der Waals surface area contributed by atoms with Crippen molar-refractivity contribution in [2.45, 2.75) is 32.9 Å². The Bertz CT molecular complexity index is 865. The predicted octanol–water partition coefficient (Wildman–Crippen LogP) is 4.26. The number of amidine groups is 1. The van der Waals surface area contributed by atoms with Gasteiger partial charge in [0.1, 0.15) is 11.9 Å². The van der Waals surface area contributed by atoms with Crippen LogP contribution in [-0.2, 0) is 11.3 Å². The zero-order valence-corrected chi connectivity index (χ0v) is 18.6. The van der Waals surface area contributed by atoms with Crippen LogP contribution in [0.2, 0.25) is 0 Å². The third-order valence-electron chi connectivity index (χ3n) is 5.21. The van der Waals surface area contributed by atoms with Crippen molar-refractivity contribution in [1.82, 2.24) is 10.2 Å². The van der Waals surface area contributed by atoms with Gasteiger partial charge in [0.25, 0.3) is 0 Å². The second-order valence-corrected chi connectivity index (χ2v) is 7.88. The number of carbonyl (C=O) groups is 1. The molecule has 0 amide bonds. The molecule has 154 valence electrons. The minimum absolute atomic E-state index is 0.245. The Morgan fingerprint density at radius 1 is 1.17 bits per heavy atom. The van der Waals surface area contributed by atoms with Gasteiger partial charge in [-0.2, -0.15) is 0 Å². The lowest BCUT2D eigenvalue weighted by molar-refractivity contribution is 0.0269. The minimum atomic E-state index is -0.308. The number of benzene rings is 2. The molecule has 0 aromatic heterocycles. The molecule has 0 aliphatic carbocycles. The smallest absolute Gasteiger partial charge is 0.339 e. The Hall–Kier alpha value is -2.18. The van der Waals surface area contributed by atoms with Crippen LogP contribution in [0.3, 0.4) is 0 Å². The summed E-state index contributed by atoms with van der Waals surface area (Å²) in [5.74, 6) is 0.572. The number of carbonyl (C=O) groups excluding carboxylic acids is 1. The highest BCUT2D eigenvalue weighted by molar-refractivity contribution is 9.10. The van der Waals surface area contributed by atoms with E-state index in [4.69, 9.17) is 4.74 Å². The van der Waals surface area contributed by atoms with Crippen molar-refractivity contribution < 1.29 is 9.53 Å². The van der Waals surface area contributed by atoms with Gasteiger partial charge < -0.3 is 15.0 Å². The topological polar surface area (TPSA) is 53.9 Å². The SMILES string of the molecule is CCN(CC)CCC(CNC1=NCc2ccccc21)OC(=O)c1ccccc1Br. The van der Waals surface area contributed by atoms with Crippen LogP contribution in [0.5, 0.6) is 0 Å². The van der Waals surface area contributed by atoms with Crippen LogP contribution in [0.25, 0.3) is 0 Å². The molecule has 0 spiro atoms. The van der Waals surface area contributed by atoms with Crippen molar-refractivity contribution in [2.75, 3.05) is 26.2 Å². The number of nitrogens with one attached hydrogen (secondary N) is 1. The third-order valence-corrected chi connectivity index (χ3v) is 5.90. The van der Waals surface area contributed by atoms with Crippen LogP contribution in [0.15, 0.2) is 58.0 Å². The Morgan fingerprint density at radius 3 is 2.66 bits per heavy atom. The van der Waals surface area contributed by atoms with Crippen molar-refractivity contribution >= 4 is 27.7 Å². The zero-order valence-electron chi connectivity index (χ0n) is 17.0. The molecule has 0 saturated heterocycles. The van der Waals surface area contributed by atoms with Gasteiger partial charge in [-0.15, -0.1) is 0 Å². The Morgan fingerprint density at radius 2 is 1.90 bits per heavy atom. The van der Waals surface area contributed by atoms with Gasteiger partial charge in [0, 0.05) is 16.6 Å². The van der Waals surface area contributed by atoms with E-state index in [1.165, 1.54) is 5.56 Å². The summed E-state index contributed by atoms with van der Waals surface area (Å²) in [6, 6.07) is 15.6. The quantitative estimate of drug-likeness (QED) is 0.571. The maximum atomic E-state index is 12.7. The molecule has 1 aliphatic rings. The lowest BCUT2D eigenvalue weighted by atomic mass is 10.1. The van der Waals surface area contributed by atoms with E-state index < -0.39 is 0 Å². The summed E-state index contributed by atoms with van der Waals surface area (Å²) in [6.45, 7) is 8.36. The highest BCUT2D eigenvalue weighted by atomic mass is 79.9. The van der Waals surface area contributed by atoms with Crippen molar-refractivity contribution in [2.24, 2.45) is 4.99 Å². The second kappa shape index (κ2) is 10.6. The largest absolute Gasteiger partial charge is 0.457 e. The molecule has 3 rings (SSSR count). The van der Waals surface area contributed by atoms with E-state index in [2.05, 4.69) is 57.1 Å². The molecule has 5 nitrogen and oxygen atoms in total. The van der Waals surface area contributed by atoms with Crippen LogP contribution < -0.4 is 5.32 Å². The highest BCUT2D eigenvalue weighted by Crippen LogP contribution is 2.19. The Balaban J connectivity index is 1.66. The lowest BCUT2D eigenvalue weighted by Gasteiger charge is -2.24. The monoisotopic (exact) mass is 457 g/mol. The first kappa shape index (κ1) is 21.5. The fourth-order valence-electron chi connectivity index (χ4n) is 3.41. The van der Waals surface area contributed by atoms with Gasteiger partial charge in [-0.1, -0.05) is 50.2 Å². The van der Waals surface area contributed by atoms with Gasteiger partial charge in [-0.05, 0) is 53.1 Å². The molecule has 0 saturated carbocycles. The first-order valence-corrected chi connectivity index (χ1v) is 11.0. The fourth-order valence-corrected chi connectivity index (χ4v) is 3.86. The van der Waals surface area contributed by atoms with Crippen LogP contribution in [0.1, 0.15) is 41.8 Å². The molecular formula is C23H28BrN3O2. The van der Waals surface area contributed by atoms with Crippen LogP contribution >= 0.6 is 15.9 Å². The molecule has 0 radical (unpaired) electrons. The number of ether oxygens (including phenoxy) is 1. The van der Waals surface area contributed by atoms with Gasteiger partial charge in [-0.25, -0.2) is 4.79 Å². The molecule has 29 heavy (non-hydrogen) atoms. The van der Waals surface area contributed by atoms with Gasteiger partial charge in [0.15, 0.2) is 0 Å². The van der Waals surface area contributed by atoms with E-state index in [1.807, 2.05) is 30.3 Å². The van der Waals surface area contributed by atoms with Crippen molar-refractivity contribution in [3.05, 3.63) is 69.7 Å². The van der Waals surface area contributed by atoms with Gasteiger partial charge in [0.05, 0.1) is 18.7 Å². The summed E-state index contributed by atoms with van der Waals surface area (Å²) in [7, 11) is 0. The predicted molar refractivity (Wildman–Crippen MR) is 120 cm³/mol. The minimum Gasteiger partial charge on any atom is -0.457 e. The van der Waals surface area contributed by atoms with E-state index in [0.717, 1.165) is 41.9 Å². The van der Waals surface area contributed by atoms with E-state index in [-0.39, 0.29) is 12.1 Å². The molecule has 0 fully saturated rings. The number of halogens is 1. The van der Waals surface area contributed by atoms with E-state index >= 15 is 0 Å². The van der Waals surface area contributed by atoms with E-state index in [9.17, 15) is 4.79 Å². The lowest BCUT2D eigenvalue weighted by Crippen LogP contribution is -2.37. The summed E-state index contributed by atoms with van der Waals surface area (Å²) >= 11 is 3.44. The van der Waals surface area contributed by atoms with E-state index in [0.29, 0.717) is 18.7 Å². The molecule has 1 unspecified atom stereocenters. The second-order valence-electron chi connectivity index (χ2n) is 7.03. The van der Waals surface area contributed by atoms with Gasteiger partial charge in [0.2, 0.25) is 0 Å². The number of hydrogen-bond donors (Lipinski definition) is 1. The fraction of sp³-hybridized carbons (Fsp3) is 0.391. The Labute approximate surface area is 181 Å². The molecule has 6 heteroatoms. The average Bonchev–Trinajstić information content (AvgIpc) is 3.16. The normalized spacial score (nSPS) is 13.7. The van der Waals surface area contributed by atoms with Gasteiger partial charge in [-0.3, -0.25) is 4.99 Å². The third kappa shape index (κ3) is 5.67. The standard InChI is InChI=1S/C23H28BrN3O2/c1-3-27(4-2)14-13-18(29-23(28)20-11-7-8-12-21(20)24)16-26-22-19-10-6-5-9-17(19)15-25-22/h5-12,18H,3-4,13-16H2,1-2H3,(H,25,26). The number of rotatable bonds is 9. The molecule has 0 bridgehead atoms. The number of hydrogen-bond acceptors (Lipinski definition) is 5. The first-order chi connectivity index (χ1) is 14.1. The zero-order chi connectivity index (χ0) is 20.6. The van der Waals surface area contributed by atoms with Crippen LogP contribution in [0.4, 0.5) is 0 Å².